The molecule has 0 aliphatic carbocycles. The largest absolute Gasteiger partial charge is 0.429 e. The highest BCUT2D eigenvalue weighted by molar-refractivity contribution is 6.42. The molecule has 1 aromatic heterocycles. The van der Waals surface area contributed by atoms with Gasteiger partial charge in [0.25, 0.3) is 0 Å². The molecule has 3 nitrogen and oxygen atoms in total. The SMILES string of the molecule is C=C=C(C)C(O)(c1nc2cc(Cl)c(Cl)cc2[nH]1)C(F)(F)F. The first-order valence-electron chi connectivity index (χ1n) is 5.62. The number of alkyl halides is 3. The summed E-state index contributed by atoms with van der Waals surface area (Å²) in [6, 6.07) is 2.64. The molecule has 0 bridgehead atoms. The van der Waals surface area contributed by atoms with Crippen LogP contribution in [0.3, 0.4) is 0 Å². The van der Waals surface area contributed by atoms with E-state index in [1.54, 1.807) is 0 Å². The van der Waals surface area contributed by atoms with Crippen molar-refractivity contribution in [1.29, 1.82) is 0 Å². The molecule has 21 heavy (non-hydrogen) atoms. The van der Waals surface area contributed by atoms with E-state index in [0.717, 1.165) is 6.92 Å². The average Bonchev–Trinajstić information content (AvgIpc) is 2.79. The molecule has 2 N–H and O–H groups in total. The van der Waals surface area contributed by atoms with E-state index in [9.17, 15) is 18.3 Å². The normalized spacial score (nSPS) is 14.8. The molecule has 0 aliphatic rings. The number of aliphatic hydroxyl groups is 1. The lowest BCUT2D eigenvalue weighted by molar-refractivity contribution is -0.252. The Morgan fingerprint density at radius 1 is 1.33 bits per heavy atom. The maximum Gasteiger partial charge on any atom is 0.429 e. The van der Waals surface area contributed by atoms with E-state index >= 15 is 0 Å². The summed E-state index contributed by atoms with van der Waals surface area (Å²) < 4.78 is 39.8. The smallest absolute Gasteiger partial charge is 0.370 e. The van der Waals surface area contributed by atoms with Crippen LogP contribution in [0.15, 0.2) is 30.0 Å². The summed E-state index contributed by atoms with van der Waals surface area (Å²) in [5, 5.41) is 10.4. The summed E-state index contributed by atoms with van der Waals surface area (Å²) in [5.41, 5.74) is -1.40. The molecular formula is C13H9Cl2F3N2O. The van der Waals surface area contributed by atoms with E-state index in [1.807, 2.05) is 0 Å². The van der Waals surface area contributed by atoms with Gasteiger partial charge in [-0.3, -0.25) is 0 Å². The summed E-state index contributed by atoms with van der Waals surface area (Å²) in [6.45, 7) is 4.21. The quantitative estimate of drug-likeness (QED) is 0.801. The zero-order chi connectivity index (χ0) is 16.0. The van der Waals surface area contributed by atoms with Gasteiger partial charge in [0.15, 0.2) is 5.82 Å². The predicted octanol–water partition coefficient (Wildman–Crippen LogP) is 4.35. The Hall–Kier alpha value is -1.46. The lowest BCUT2D eigenvalue weighted by Gasteiger charge is -2.28. The lowest BCUT2D eigenvalue weighted by atomic mass is 9.94. The molecule has 0 fully saturated rings. The fourth-order valence-electron chi connectivity index (χ4n) is 1.83. The van der Waals surface area contributed by atoms with Crippen LogP contribution in [-0.4, -0.2) is 21.3 Å². The number of rotatable bonds is 2. The second-order valence-corrected chi connectivity index (χ2v) is 5.19. The Labute approximate surface area is 127 Å². The van der Waals surface area contributed by atoms with Crippen LogP contribution in [0.5, 0.6) is 0 Å². The van der Waals surface area contributed by atoms with E-state index in [0.29, 0.717) is 0 Å². The fourth-order valence-corrected chi connectivity index (χ4v) is 2.15. The van der Waals surface area contributed by atoms with Gasteiger partial charge in [0.2, 0.25) is 5.60 Å². The number of aromatic nitrogens is 2. The molecule has 112 valence electrons. The summed E-state index contributed by atoms with van der Waals surface area (Å²) >= 11 is 11.6. The second-order valence-electron chi connectivity index (χ2n) is 4.38. The Morgan fingerprint density at radius 2 is 1.90 bits per heavy atom. The van der Waals surface area contributed by atoms with Crippen molar-refractivity contribution in [3.8, 4) is 0 Å². The molecule has 1 atom stereocenters. The Morgan fingerprint density at radius 3 is 2.43 bits per heavy atom. The number of aromatic amines is 1. The zero-order valence-electron chi connectivity index (χ0n) is 10.6. The van der Waals surface area contributed by atoms with Gasteiger partial charge in [-0.05, 0) is 19.1 Å². The van der Waals surface area contributed by atoms with E-state index in [4.69, 9.17) is 23.2 Å². The number of nitrogens with one attached hydrogen (secondary N) is 1. The van der Waals surface area contributed by atoms with Crippen molar-refractivity contribution >= 4 is 34.2 Å². The molecule has 0 aliphatic heterocycles. The van der Waals surface area contributed by atoms with Gasteiger partial charge in [-0.1, -0.05) is 29.8 Å². The third kappa shape index (κ3) is 2.45. The van der Waals surface area contributed by atoms with Crippen molar-refractivity contribution in [2.24, 2.45) is 0 Å². The van der Waals surface area contributed by atoms with E-state index in [2.05, 4.69) is 22.3 Å². The summed E-state index contributed by atoms with van der Waals surface area (Å²) in [5.74, 6) is -0.697. The minimum absolute atomic E-state index is 0.147. The molecule has 1 aromatic carbocycles. The standard InChI is InChI=1S/C13H9Cl2F3N2O/c1-3-6(2)12(21,13(16,17)18)11-19-9-4-7(14)8(15)5-10(9)20-11/h4-5,21H,1H2,2H3,(H,19,20). The maximum atomic E-state index is 13.3. The van der Waals surface area contributed by atoms with Gasteiger partial charge in [-0.25, -0.2) is 4.98 Å². The highest BCUT2D eigenvalue weighted by Crippen LogP contribution is 2.43. The molecule has 1 unspecified atom stereocenters. The van der Waals surface area contributed by atoms with Gasteiger partial charge >= 0.3 is 6.18 Å². The van der Waals surface area contributed by atoms with Gasteiger partial charge in [0.1, 0.15) is 0 Å². The first-order chi connectivity index (χ1) is 9.61. The van der Waals surface area contributed by atoms with Gasteiger partial charge in [0.05, 0.1) is 21.1 Å². The molecule has 8 heteroatoms. The van der Waals surface area contributed by atoms with Crippen LogP contribution in [0, 0.1) is 0 Å². The van der Waals surface area contributed by atoms with E-state index in [-0.39, 0.29) is 21.1 Å². The van der Waals surface area contributed by atoms with E-state index in [1.165, 1.54) is 12.1 Å². The highest BCUT2D eigenvalue weighted by atomic mass is 35.5. The lowest BCUT2D eigenvalue weighted by Crippen LogP contribution is -2.44. The molecule has 0 radical (unpaired) electrons. The van der Waals surface area contributed by atoms with Gasteiger partial charge in [-0.15, -0.1) is 5.73 Å². The molecule has 2 rings (SSSR count). The van der Waals surface area contributed by atoms with Crippen LogP contribution >= 0.6 is 23.2 Å². The Bertz CT molecular complexity index is 724. The highest BCUT2D eigenvalue weighted by Gasteiger charge is 2.58. The number of hydrogen-bond donors (Lipinski definition) is 2. The van der Waals surface area contributed by atoms with Crippen molar-refractivity contribution in [2.45, 2.75) is 18.7 Å². The third-order valence-electron chi connectivity index (χ3n) is 3.08. The third-order valence-corrected chi connectivity index (χ3v) is 3.81. The topological polar surface area (TPSA) is 48.9 Å². The molecule has 0 saturated heterocycles. The predicted molar refractivity (Wildman–Crippen MR) is 74.4 cm³/mol. The number of halogens is 5. The second kappa shape index (κ2) is 5.07. The van der Waals surface area contributed by atoms with Crippen molar-refractivity contribution in [3.63, 3.8) is 0 Å². The molecule has 0 amide bonds. The van der Waals surface area contributed by atoms with Gasteiger partial charge in [-0.2, -0.15) is 13.2 Å². The minimum Gasteiger partial charge on any atom is -0.370 e. The van der Waals surface area contributed by atoms with E-state index < -0.39 is 23.2 Å². The van der Waals surface area contributed by atoms with Gasteiger partial charge in [0, 0.05) is 5.57 Å². The number of imidazole rings is 1. The Balaban J connectivity index is 2.75. The minimum atomic E-state index is -5.00. The molecular weight excluding hydrogens is 328 g/mol. The molecule has 0 spiro atoms. The van der Waals surface area contributed by atoms with Crippen LogP contribution in [-0.2, 0) is 5.60 Å². The van der Waals surface area contributed by atoms with Crippen LogP contribution in [0.4, 0.5) is 13.2 Å². The number of fused-ring (bicyclic) bond motifs is 1. The van der Waals surface area contributed by atoms with Gasteiger partial charge < -0.3 is 10.1 Å². The molecule has 0 saturated carbocycles. The van der Waals surface area contributed by atoms with Crippen molar-refractivity contribution in [3.05, 3.63) is 45.9 Å². The number of hydrogen-bond acceptors (Lipinski definition) is 2. The first kappa shape index (κ1) is 15.9. The van der Waals surface area contributed by atoms with Crippen molar-refractivity contribution in [2.75, 3.05) is 0 Å². The Kier molecular flexibility index (Phi) is 3.84. The summed E-state index contributed by atoms with van der Waals surface area (Å²) in [4.78, 5) is 6.18. The van der Waals surface area contributed by atoms with Crippen LogP contribution in [0.1, 0.15) is 12.7 Å². The number of H-pyrrole nitrogens is 1. The average molecular weight is 337 g/mol. The molecule has 2 aromatic rings. The van der Waals surface area contributed by atoms with Crippen LogP contribution < -0.4 is 0 Å². The van der Waals surface area contributed by atoms with Crippen molar-refractivity contribution in [1.82, 2.24) is 9.97 Å². The number of benzene rings is 1. The summed E-state index contributed by atoms with van der Waals surface area (Å²) in [7, 11) is 0. The fraction of sp³-hybridized carbons (Fsp3) is 0.231. The monoisotopic (exact) mass is 336 g/mol. The zero-order valence-corrected chi connectivity index (χ0v) is 12.2. The summed E-state index contributed by atoms with van der Waals surface area (Å²) in [6.07, 6.45) is -5.00. The molecule has 1 heterocycles. The number of nitrogens with zero attached hydrogens (tertiary/aromatic N) is 1. The van der Waals surface area contributed by atoms with Crippen molar-refractivity contribution < 1.29 is 18.3 Å². The first-order valence-corrected chi connectivity index (χ1v) is 6.38. The van der Waals surface area contributed by atoms with Crippen LogP contribution in [0.25, 0.3) is 11.0 Å². The van der Waals surface area contributed by atoms with Crippen LogP contribution in [0.2, 0.25) is 10.0 Å². The maximum absolute atomic E-state index is 13.3.